The molecule has 1 rings (SSSR count). The van der Waals surface area contributed by atoms with Gasteiger partial charge in [-0.3, -0.25) is 9.59 Å². The highest BCUT2D eigenvalue weighted by Gasteiger charge is 2.33. The van der Waals surface area contributed by atoms with Gasteiger partial charge in [-0.2, -0.15) is 0 Å². The second-order valence-corrected chi connectivity index (χ2v) is 4.05. The summed E-state index contributed by atoms with van der Waals surface area (Å²) in [6.07, 6.45) is -0.609. The summed E-state index contributed by atoms with van der Waals surface area (Å²) in [4.78, 5) is 32.8. The van der Waals surface area contributed by atoms with E-state index in [2.05, 4.69) is 5.32 Å². The molecule has 0 aromatic heterocycles. The molecular weight excluding hydrogens is 230 g/mol. The summed E-state index contributed by atoms with van der Waals surface area (Å²) in [7, 11) is 0. The molecule has 1 heterocycles. The fraction of sp³-hybridized carbons (Fsp3) is 0.700. The molecule has 3 N–H and O–H groups in total. The van der Waals surface area contributed by atoms with Crippen LogP contribution in [0.25, 0.3) is 0 Å². The van der Waals surface area contributed by atoms with Crippen LogP contribution in [0, 0.1) is 5.92 Å². The lowest BCUT2D eigenvalue weighted by molar-refractivity contribution is -0.148. The van der Waals surface area contributed by atoms with E-state index in [0.29, 0.717) is 6.61 Å². The number of carbonyl (C=O) groups excluding carboxylic acids is 1. The van der Waals surface area contributed by atoms with E-state index in [4.69, 9.17) is 14.9 Å². The summed E-state index contributed by atoms with van der Waals surface area (Å²) >= 11 is 0. The number of carboxylic acid groups (broad SMARTS) is 2. The third-order valence-corrected chi connectivity index (χ3v) is 2.64. The monoisotopic (exact) mass is 245 g/mol. The number of nitrogens with one attached hydrogen (secondary N) is 1. The summed E-state index contributed by atoms with van der Waals surface area (Å²) in [6.45, 7) is 2.28. The van der Waals surface area contributed by atoms with Crippen LogP contribution in [0.1, 0.15) is 19.8 Å². The second kappa shape index (κ2) is 5.62. The Balaban J connectivity index is 2.57. The van der Waals surface area contributed by atoms with Gasteiger partial charge in [0, 0.05) is 6.61 Å². The number of carboxylic acids is 2. The van der Waals surface area contributed by atoms with Crippen LogP contribution >= 0.6 is 0 Å². The van der Waals surface area contributed by atoms with Gasteiger partial charge >= 0.3 is 11.9 Å². The zero-order valence-electron chi connectivity index (χ0n) is 9.38. The first kappa shape index (κ1) is 13.4. The van der Waals surface area contributed by atoms with E-state index in [1.165, 1.54) is 0 Å². The Hall–Kier alpha value is -1.63. The molecule has 0 aromatic rings. The summed E-state index contributed by atoms with van der Waals surface area (Å²) < 4.78 is 5.16. The quantitative estimate of drug-likeness (QED) is 0.599. The molecule has 0 radical (unpaired) electrons. The van der Waals surface area contributed by atoms with Crippen molar-refractivity contribution in [2.75, 3.05) is 6.61 Å². The molecule has 0 bridgehead atoms. The van der Waals surface area contributed by atoms with Crippen molar-refractivity contribution in [3.8, 4) is 0 Å². The van der Waals surface area contributed by atoms with Gasteiger partial charge < -0.3 is 20.3 Å². The second-order valence-electron chi connectivity index (χ2n) is 4.05. The van der Waals surface area contributed by atoms with Crippen molar-refractivity contribution in [3.63, 3.8) is 0 Å². The molecule has 1 aliphatic heterocycles. The highest BCUT2D eigenvalue weighted by Crippen LogP contribution is 2.20. The summed E-state index contributed by atoms with van der Waals surface area (Å²) in [6, 6.07) is -1.42. The molecule has 7 nitrogen and oxygen atoms in total. The van der Waals surface area contributed by atoms with E-state index < -0.39 is 36.4 Å². The maximum absolute atomic E-state index is 11.7. The highest BCUT2D eigenvalue weighted by molar-refractivity contribution is 5.88. The zero-order valence-corrected chi connectivity index (χ0v) is 9.38. The topological polar surface area (TPSA) is 113 Å². The largest absolute Gasteiger partial charge is 0.481 e. The molecule has 1 saturated heterocycles. The van der Waals surface area contributed by atoms with Gasteiger partial charge in [-0.05, 0) is 12.3 Å². The van der Waals surface area contributed by atoms with Crippen LogP contribution in [-0.2, 0) is 19.1 Å². The minimum Gasteiger partial charge on any atom is -0.481 e. The third kappa shape index (κ3) is 3.70. The molecule has 1 fully saturated rings. The number of hydrogen-bond acceptors (Lipinski definition) is 4. The van der Waals surface area contributed by atoms with Gasteiger partial charge in [-0.15, -0.1) is 0 Å². The first-order chi connectivity index (χ1) is 7.91. The van der Waals surface area contributed by atoms with Crippen LogP contribution in [0.2, 0.25) is 0 Å². The average Bonchev–Trinajstić information content (AvgIpc) is 2.62. The van der Waals surface area contributed by atoms with Crippen LogP contribution in [0.4, 0.5) is 0 Å². The predicted molar refractivity (Wildman–Crippen MR) is 55.3 cm³/mol. The standard InChI is InChI=1S/C10H15NO6/c1-5-2-3-17-8(5)9(14)11-6(10(15)16)4-7(12)13/h5-6,8H,2-4H2,1H3,(H,11,14)(H,12,13)(H,15,16)/t5?,6-,8?/m1/s1. The SMILES string of the molecule is CC1CCOC1C(=O)N[C@H](CC(=O)O)C(=O)O. The van der Waals surface area contributed by atoms with Crippen molar-refractivity contribution >= 4 is 17.8 Å². The number of hydrogen-bond donors (Lipinski definition) is 3. The fourth-order valence-corrected chi connectivity index (χ4v) is 1.66. The number of carbonyl (C=O) groups is 3. The summed E-state index contributed by atoms with van der Waals surface area (Å²) in [5.74, 6) is -3.21. The van der Waals surface area contributed by atoms with E-state index in [-0.39, 0.29) is 5.92 Å². The number of aliphatic carboxylic acids is 2. The average molecular weight is 245 g/mol. The molecule has 96 valence electrons. The van der Waals surface area contributed by atoms with Crippen molar-refractivity contribution in [2.24, 2.45) is 5.92 Å². The van der Waals surface area contributed by atoms with Crippen LogP contribution in [0.5, 0.6) is 0 Å². The van der Waals surface area contributed by atoms with E-state index in [1.54, 1.807) is 0 Å². The minimum absolute atomic E-state index is 0.00859. The molecule has 0 aromatic carbocycles. The van der Waals surface area contributed by atoms with Gasteiger partial charge in [0.1, 0.15) is 12.1 Å². The van der Waals surface area contributed by atoms with E-state index >= 15 is 0 Å². The van der Waals surface area contributed by atoms with Crippen LogP contribution < -0.4 is 5.32 Å². The molecule has 3 atom stereocenters. The lowest BCUT2D eigenvalue weighted by Gasteiger charge is -2.18. The normalized spacial score (nSPS) is 25.2. The fourth-order valence-electron chi connectivity index (χ4n) is 1.66. The van der Waals surface area contributed by atoms with Crippen LogP contribution in [0.3, 0.4) is 0 Å². The minimum atomic E-state index is -1.42. The first-order valence-corrected chi connectivity index (χ1v) is 5.28. The molecule has 2 unspecified atom stereocenters. The maximum Gasteiger partial charge on any atom is 0.326 e. The van der Waals surface area contributed by atoms with Gasteiger partial charge in [0.25, 0.3) is 0 Å². The molecule has 17 heavy (non-hydrogen) atoms. The Kier molecular flexibility index (Phi) is 4.45. The number of ether oxygens (including phenoxy) is 1. The zero-order chi connectivity index (χ0) is 13.0. The Morgan fingerprint density at radius 1 is 1.41 bits per heavy atom. The van der Waals surface area contributed by atoms with Gasteiger partial charge in [-0.1, -0.05) is 6.92 Å². The van der Waals surface area contributed by atoms with Gasteiger partial charge in [0.15, 0.2) is 0 Å². The van der Waals surface area contributed by atoms with E-state index in [9.17, 15) is 14.4 Å². The highest BCUT2D eigenvalue weighted by atomic mass is 16.5. The predicted octanol–water partition coefficient (Wildman–Crippen LogP) is -0.544. The van der Waals surface area contributed by atoms with Gasteiger partial charge in [-0.25, -0.2) is 4.79 Å². The van der Waals surface area contributed by atoms with Gasteiger partial charge in [0.05, 0.1) is 6.42 Å². The van der Waals surface area contributed by atoms with Crippen LogP contribution in [0.15, 0.2) is 0 Å². The summed E-state index contributed by atoms with van der Waals surface area (Å²) in [5.41, 5.74) is 0. The molecule has 0 aliphatic carbocycles. The maximum atomic E-state index is 11.7. The number of amides is 1. The van der Waals surface area contributed by atoms with Crippen molar-refractivity contribution in [2.45, 2.75) is 31.9 Å². The smallest absolute Gasteiger partial charge is 0.326 e. The van der Waals surface area contributed by atoms with Crippen molar-refractivity contribution in [1.29, 1.82) is 0 Å². The summed E-state index contributed by atoms with van der Waals surface area (Å²) in [5, 5.41) is 19.5. The lowest BCUT2D eigenvalue weighted by atomic mass is 10.0. The molecule has 1 aliphatic rings. The molecular formula is C10H15NO6. The van der Waals surface area contributed by atoms with Crippen molar-refractivity contribution in [1.82, 2.24) is 5.32 Å². The molecule has 0 saturated carbocycles. The number of rotatable bonds is 5. The van der Waals surface area contributed by atoms with Crippen molar-refractivity contribution < 1.29 is 29.3 Å². The van der Waals surface area contributed by atoms with E-state index in [1.807, 2.05) is 6.92 Å². The van der Waals surface area contributed by atoms with E-state index in [0.717, 1.165) is 6.42 Å². The Bertz CT molecular complexity index is 329. The Labute approximate surface area is 97.8 Å². The van der Waals surface area contributed by atoms with Crippen LogP contribution in [-0.4, -0.2) is 46.8 Å². The third-order valence-electron chi connectivity index (χ3n) is 2.64. The Morgan fingerprint density at radius 3 is 2.47 bits per heavy atom. The first-order valence-electron chi connectivity index (χ1n) is 5.28. The Morgan fingerprint density at radius 2 is 2.06 bits per heavy atom. The molecule has 0 spiro atoms. The lowest BCUT2D eigenvalue weighted by Crippen LogP contribution is -2.47. The van der Waals surface area contributed by atoms with Crippen molar-refractivity contribution in [3.05, 3.63) is 0 Å². The molecule has 7 heteroatoms. The van der Waals surface area contributed by atoms with Gasteiger partial charge in [0.2, 0.25) is 5.91 Å². The molecule has 1 amide bonds.